The van der Waals surface area contributed by atoms with Gasteiger partial charge in [0.05, 0.1) is 0 Å². The molecule has 0 saturated carbocycles. The Balaban J connectivity index is 2.29. The Bertz CT molecular complexity index is 193. The van der Waals surface area contributed by atoms with Gasteiger partial charge < -0.3 is 5.32 Å². The predicted molar refractivity (Wildman–Crippen MR) is 48.9 cm³/mol. The highest BCUT2D eigenvalue weighted by atomic mass is 32.2. The first-order valence-electron chi connectivity index (χ1n) is 4.11. The Kier molecular flexibility index (Phi) is 3.59. The van der Waals surface area contributed by atoms with E-state index >= 15 is 0 Å². The molecular formula is C8H13NO2S. The van der Waals surface area contributed by atoms with Crippen LogP contribution in [0.25, 0.3) is 0 Å². The van der Waals surface area contributed by atoms with Gasteiger partial charge in [-0.15, -0.1) is 0 Å². The van der Waals surface area contributed by atoms with E-state index in [4.69, 9.17) is 0 Å². The summed E-state index contributed by atoms with van der Waals surface area (Å²) < 4.78 is 0. The molecule has 1 atom stereocenters. The number of rotatable bonds is 2. The van der Waals surface area contributed by atoms with Crippen molar-refractivity contribution in [2.75, 3.05) is 12.3 Å². The first-order valence-corrected chi connectivity index (χ1v) is 5.10. The molecule has 3 nitrogen and oxygen atoms in total. The number of hydrogen-bond donors (Lipinski definition) is 1. The Morgan fingerprint density at radius 1 is 1.75 bits per heavy atom. The van der Waals surface area contributed by atoms with E-state index in [1.165, 1.54) is 18.7 Å². The van der Waals surface area contributed by atoms with Crippen LogP contribution in [0.3, 0.4) is 0 Å². The molecule has 1 fully saturated rings. The summed E-state index contributed by atoms with van der Waals surface area (Å²) in [6.07, 6.45) is 1.96. The van der Waals surface area contributed by atoms with E-state index in [0.29, 0.717) is 5.75 Å². The lowest BCUT2D eigenvalue weighted by molar-refractivity contribution is -0.125. The van der Waals surface area contributed by atoms with E-state index in [1.807, 2.05) is 0 Å². The predicted octanol–water partition coefficient (Wildman–Crippen LogP) is 0.792. The minimum Gasteiger partial charge on any atom is -0.356 e. The van der Waals surface area contributed by atoms with Crippen LogP contribution in [0.1, 0.15) is 19.8 Å². The Hall–Kier alpha value is -0.510. The van der Waals surface area contributed by atoms with E-state index in [2.05, 4.69) is 5.32 Å². The zero-order chi connectivity index (χ0) is 8.97. The highest BCUT2D eigenvalue weighted by Gasteiger charge is 2.21. The van der Waals surface area contributed by atoms with E-state index in [1.54, 1.807) is 0 Å². The van der Waals surface area contributed by atoms with Crippen LogP contribution in [0.5, 0.6) is 0 Å². The van der Waals surface area contributed by atoms with Crippen molar-refractivity contribution >= 4 is 22.8 Å². The summed E-state index contributed by atoms with van der Waals surface area (Å²) in [5, 5.41) is 2.88. The molecule has 1 aliphatic heterocycles. The first kappa shape index (κ1) is 9.58. The highest BCUT2D eigenvalue weighted by molar-refractivity contribution is 8.13. The Morgan fingerprint density at radius 3 is 3.08 bits per heavy atom. The molecule has 1 amide bonds. The van der Waals surface area contributed by atoms with Crippen LogP contribution >= 0.6 is 11.8 Å². The molecule has 4 heteroatoms. The van der Waals surface area contributed by atoms with Gasteiger partial charge in [0.1, 0.15) is 0 Å². The van der Waals surface area contributed by atoms with Gasteiger partial charge in [0, 0.05) is 25.1 Å². The molecule has 1 aliphatic rings. The largest absolute Gasteiger partial charge is 0.356 e. The minimum atomic E-state index is 0.0487. The molecule has 1 heterocycles. The van der Waals surface area contributed by atoms with Crippen LogP contribution in [0.2, 0.25) is 0 Å². The van der Waals surface area contributed by atoms with Crippen molar-refractivity contribution in [1.29, 1.82) is 0 Å². The van der Waals surface area contributed by atoms with Crippen LogP contribution in [-0.2, 0) is 9.59 Å². The van der Waals surface area contributed by atoms with Crippen molar-refractivity contribution in [3.05, 3.63) is 0 Å². The molecule has 0 aromatic heterocycles. The summed E-state index contributed by atoms with van der Waals surface area (Å²) in [6.45, 7) is 2.32. The molecule has 12 heavy (non-hydrogen) atoms. The van der Waals surface area contributed by atoms with E-state index in [9.17, 15) is 9.59 Å². The maximum atomic E-state index is 11.2. The van der Waals surface area contributed by atoms with Crippen molar-refractivity contribution in [3.8, 4) is 0 Å². The molecule has 0 aromatic carbocycles. The van der Waals surface area contributed by atoms with Crippen LogP contribution < -0.4 is 5.32 Å². The maximum Gasteiger partial charge on any atom is 0.223 e. The fourth-order valence-corrected chi connectivity index (χ4v) is 1.97. The highest BCUT2D eigenvalue weighted by Crippen LogP contribution is 2.17. The number of thioether (sulfide) groups is 1. The molecule has 1 N–H and O–H groups in total. The van der Waals surface area contributed by atoms with Crippen LogP contribution in [-0.4, -0.2) is 23.3 Å². The SMILES string of the molecule is CC(=O)SCC1CCCNC1=O. The lowest BCUT2D eigenvalue weighted by Gasteiger charge is -2.20. The summed E-state index contributed by atoms with van der Waals surface area (Å²) in [6, 6.07) is 0. The fourth-order valence-electron chi connectivity index (χ4n) is 1.21. The van der Waals surface area contributed by atoms with Crippen LogP contribution in [0.4, 0.5) is 0 Å². The number of nitrogens with one attached hydrogen (secondary N) is 1. The van der Waals surface area contributed by atoms with Crippen LogP contribution in [0, 0.1) is 5.92 Å². The average molecular weight is 187 g/mol. The second-order valence-corrected chi connectivity index (χ2v) is 4.13. The van der Waals surface area contributed by atoms with E-state index in [0.717, 1.165) is 19.4 Å². The maximum absolute atomic E-state index is 11.2. The van der Waals surface area contributed by atoms with Gasteiger partial charge in [-0.3, -0.25) is 9.59 Å². The summed E-state index contributed by atoms with van der Waals surface area (Å²) in [7, 11) is 0. The van der Waals surface area contributed by atoms with Gasteiger partial charge in [0.2, 0.25) is 5.91 Å². The molecule has 68 valence electrons. The third-order valence-electron chi connectivity index (χ3n) is 1.89. The lowest BCUT2D eigenvalue weighted by Crippen LogP contribution is -2.37. The van der Waals surface area contributed by atoms with Gasteiger partial charge in [-0.05, 0) is 12.8 Å². The fraction of sp³-hybridized carbons (Fsp3) is 0.750. The first-order chi connectivity index (χ1) is 5.70. The molecule has 0 spiro atoms. The van der Waals surface area contributed by atoms with Gasteiger partial charge in [-0.25, -0.2) is 0 Å². The molecule has 1 rings (SSSR count). The van der Waals surface area contributed by atoms with E-state index in [-0.39, 0.29) is 16.9 Å². The van der Waals surface area contributed by atoms with Crippen LogP contribution in [0.15, 0.2) is 0 Å². The third-order valence-corrected chi connectivity index (χ3v) is 2.86. The zero-order valence-corrected chi connectivity index (χ0v) is 7.95. The second-order valence-electron chi connectivity index (χ2n) is 2.93. The normalized spacial score (nSPS) is 23.4. The standard InChI is InChI=1S/C8H13NO2S/c1-6(10)12-5-7-3-2-4-9-8(7)11/h7H,2-5H2,1H3,(H,9,11). The van der Waals surface area contributed by atoms with Gasteiger partial charge >= 0.3 is 0 Å². The third kappa shape index (κ3) is 2.85. The van der Waals surface area contributed by atoms with Crippen molar-refractivity contribution in [2.24, 2.45) is 5.92 Å². The smallest absolute Gasteiger partial charge is 0.223 e. The Morgan fingerprint density at radius 2 is 2.50 bits per heavy atom. The zero-order valence-electron chi connectivity index (χ0n) is 7.13. The molecule has 0 aromatic rings. The number of carbonyl (C=O) groups excluding carboxylic acids is 2. The number of piperidine rings is 1. The molecule has 1 unspecified atom stereocenters. The number of carbonyl (C=O) groups is 2. The van der Waals surface area contributed by atoms with Gasteiger partial charge in [0.15, 0.2) is 5.12 Å². The number of hydrogen-bond acceptors (Lipinski definition) is 3. The van der Waals surface area contributed by atoms with Crippen molar-refractivity contribution in [2.45, 2.75) is 19.8 Å². The Labute approximate surface area is 76.3 Å². The second kappa shape index (κ2) is 4.50. The average Bonchev–Trinajstić information content (AvgIpc) is 2.03. The van der Waals surface area contributed by atoms with Gasteiger partial charge in [-0.1, -0.05) is 11.8 Å². The lowest BCUT2D eigenvalue weighted by atomic mass is 10.0. The van der Waals surface area contributed by atoms with Gasteiger partial charge in [-0.2, -0.15) is 0 Å². The molecule has 1 saturated heterocycles. The molecule has 0 aliphatic carbocycles. The summed E-state index contributed by atoms with van der Waals surface area (Å²) >= 11 is 1.24. The number of amides is 1. The van der Waals surface area contributed by atoms with Gasteiger partial charge in [0.25, 0.3) is 0 Å². The topological polar surface area (TPSA) is 46.2 Å². The molecule has 0 bridgehead atoms. The molecule has 0 radical (unpaired) electrons. The quantitative estimate of drug-likeness (QED) is 0.695. The van der Waals surface area contributed by atoms with Crippen molar-refractivity contribution in [1.82, 2.24) is 5.32 Å². The molecular weight excluding hydrogens is 174 g/mol. The summed E-state index contributed by atoms with van der Waals surface area (Å²) in [5.74, 6) is 0.795. The monoisotopic (exact) mass is 187 g/mol. The minimum absolute atomic E-state index is 0.0487. The van der Waals surface area contributed by atoms with E-state index < -0.39 is 0 Å². The van der Waals surface area contributed by atoms with Crippen molar-refractivity contribution < 1.29 is 9.59 Å². The summed E-state index contributed by atoms with van der Waals surface area (Å²) in [5.41, 5.74) is 0. The van der Waals surface area contributed by atoms with Crippen molar-refractivity contribution in [3.63, 3.8) is 0 Å². The summed E-state index contributed by atoms with van der Waals surface area (Å²) in [4.78, 5) is 21.8.